The Bertz CT molecular complexity index is 2000. The third-order valence-corrected chi connectivity index (χ3v) is 15.1. The van der Waals surface area contributed by atoms with Crippen LogP contribution in [0.25, 0.3) is 0 Å². The van der Waals surface area contributed by atoms with Crippen molar-refractivity contribution in [1.29, 1.82) is 0 Å². The summed E-state index contributed by atoms with van der Waals surface area (Å²) in [6, 6.07) is 11.5. The van der Waals surface area contributed by atoms with E-state index in [0.717, 1.165) is 62.7 Å². The zero-order valence-electron chi connectivity index (χ0n) is 34.5. The van der Waals surface area contributed by atoms with Crippen LogP contribution in [-0.2, 0) is 46.7 Å². The molecule has 13 nitrogen and oxygen atoms in total. The number of aryl methyl sites for hydroxylation is 1. The number of amides is 2. The number of nitrogens with one attached hydrogen (secondary N) is 1. The van der Waals surface area contributed by atoms with Gasteiger partial charge in [-0.1, -0.05) is 42.8 Å². The lowest BCUT2D eigenvalue weighted by Crippen LogP contribution is -2.55. The van der Waals surface area contributed by atoms with Gasteiger partial charge in [-0.3, -0.25) is 14.5 Å². The third kappa shape index (κ3) is 8.66. The van der Waals surface area contributed by atoms with Crippen molar-refractivity contribution in [3.05, 3.63) is 70.3 Å². The minimum Gasteiger partial charge on any atom is -0.490 e. The second kappa shape index (κ2) is 17.0. The van der Waals surface area contributed by atoms with Gasteiger partial charge in [-0.15, -0.1) is 0 Å². The number of hydrogen-bond acceptors (Lipinski definition) is 10. The number of hydrogen-bond donors (Lipinski definition) is 2. The highest BCUT2D eigenvalue weighted by molar-refractivity contribution is 7.87. The number of carbonyl (C=O) groups excluding carboxylic acids is 2. The summed E-state index contributed by atoms with van der Waals surface area (Å²) in [5.41, 5.74) is 0.0880. The van der Waals surface area contributed by atoms with Crippen LogP contribution < -0.4 is 14.4 Å². The molecule has 1 spiro atoms. The average molecular weight is 842 g/mol. The van der Waals surface area contributed by atoms with E-state index < -0.39 is 34.0 Å². The van der Waals surface area contributed by atoms with E-state index in [4.69, 9.17) is 25.8 Å². The van der Waals surface area contributed by atoms with Crippen molar-refractivity contribution < 1.29 is 37.3 Å². The molecule has 7 rings (SSSR count). The van der Waals surface area contributed by atoms with Gasteiger partial charge >= 0.3 is 10.2 Å². The van der Waals surface area contributed by atoms with Gasteiger partial charge in [0.2, 0.25) is 5.91 Å². The summed E-state index contributed by atoms with van der Waals surface area (Å²) >= 11 is 6.52. The molecule has 5 aliphatic rings. The molecule has 58 heavy (non-hydrogen) atoms. The highest BCUT2D eigenvalue weighted by atomic mass is 35.5. The van der Waals surface area contributed by atoms with Crippen LogP contribution in [0.4, 0.5) is 5.69 Å². The van der Waals surface area contributed by atoms with E-state index in [9.17, 15) is 23.1 Å². The molecule has 2 aromatic rings. The van der Waals surface area contributed by atoms with E-state index in [1.54, 1.807) is 25.2 Å². The smallest absolute Gasteiger partial charge is 0.303 e. The summed E-state index contributed by atoms with van der Waals surface area (Å²) in [5.74, 6) is -0.945. The molecular weight excluding hydrogens is 782 g/mol. The zero-order valence-corrected chi connectivity index (χ0v) is 36.1. The molecule has 2 bridgehead atoms. The second-order valence-electron chi connectivity index (χ2n) is 17.6. The van der Waals surface area contributed by atoms with Gasteiger partial charge in [0.05, 0.1) is 44.6 Å². The van der Waals surface area contributed by atoms with Gasteiger partial charge < -0.3 is 29.1 Å². The maximum absolute atomic E-state index is 14.0. The van der Waals surface area contributed by atoms with E-state index in [1.165, 1.54) is 30.1 Å². The van der Waals surface area contributed by atoms with Crippen LogP contribution >= 0.6 is 11.6 Å². The molecule has 1 unspecified atom stereocenters. The van der Waals surface area contributed by atoms with Crippen molar-refractivity contribution >= 4 is 39.3 Å². The maximum Gasteiger partial charge on any atom is 0.303 e. The molecule has 3 aliphatic heterocycles. The number of carbonyl (C=O) groups is 2. The van der Waals surface area contributed by atoms with Crippen molar-refractivity contribution in [2.45, 2.75) is 82.0 Å². The predicted octanol–water partition coefficient (Wildman–Crippen LogP) is 4.25. The quantitative estimate of drug-likeness (QED) is 0.389. The molecule has 1 saturated carbocycles. The lowest BCUT2D eigenvalue weighted by atomic mass is 9.58. The molecule has 2 aromatic carbocycles. The number of anilines is 1. The van der Waals surface area contributed by atoms with E-state index in [-0.39, 0.29) is 28.4 Å². The molecule has 318 valence electrons. The van der Waals surface area contributed by atoms with Gasteiger partial charge in [-0.25, -0.2) is 4.72 Å². The van der Waals surface area contributed by atoms with Crippen LogP contribution in [0.3, 0.4) is 0 Å². The minimum absolute atomic E-state index is 0.0979. The fourth-order valence-electron chi connectivity index (χ4n) is 9.64. The van der Waals surface area contributed by atoms with Crippen LogP contribution in [0.2, 0.25) is 5.02 Å². The van der Waals surface area contributed by atoms with Crippen molar-refractivity contribution in [3.8, 4) is 5.75 Å². The van der Waals surface area contributed by atoms with Crippen LogP contribution in [0, 0.1) is 11.3 Å². The Hall–Kier alpha value is -3.24. The summed E-state index contributed by atoms with van der Waals surface area (Å²) in [7, 11) is -0.122. The molecule has 0 radical (unpaired) electrons. The van der Waals surface area contributed by atoms with Crippen LogP contribution in [-0.4, -0.2) is 132 Å². The van der Waals surface area contributed by atoms with Gasteiger partial charge in [-0.05, 0) is 97.7 Å². The molecule has 2 fully saturated rings. The Balaban J connectivity index is 1.30. The van der Waals surface area contributed by atoms with Crippen molar-refractivity contribution in [3.63, 3.8) is 0 Å². The Labute approximate surface area is 348 Å². The van der Waals surface area contributed by atoms with Crippen molar-refractivity contribution in [2.24, 2.45) is 11.3 Å². The van der Waals surface area contributed by atoms with Crippen LogP contribution in [0.1, 0.15) is 69.1 Å². The summed E-state index contributed by atoms with van der Waals surface area (Å²) < 4.78 is 48.0. The zero-order chi connectivity index (χ0) is 41.5. The predicted molar refractivity (Wildman–Crippen MR) is 223 cm³/mol. The Morgan fingerprint density at radius 2 is 1.95 bits per heavy atom. The van der Waals surface area contributed by atoms with Crippen molar-refractivity contribution in [1.82, 2.24) is 18.8 Å². The molecule has 2 N–H and O–H groups in total. The number of halogens is 1. The van der Waals surface area contributed by atoms with E-state index in [2.05, 4.69) is 47.9 Å². The van der Waals surface area contributed by atoms with E-state index >= 15 is 0 Å². The number of fused-ring (bicyclic) bond motifs is 4. The summed E-state index contributed by atoms with van der Waals surface area (Å²) in [5, 5.41) is 13.1. The molecule has 15 heteroatoms. The Kier molecular flexibility index (Phi) is 12.6. The second-order valence-corrected chi connectivity index (χ2v) is 20.0. The first-order valence-corrected chi connectivity index (χ1v) is 22.5. The Morgan fingerprint density at radius 3 is 2.69 bits per heavy atom. The lowest BCUT2D eigenvalue weighted by molar-refractivity contribution is -0.148. The minimum atomic E-state index is -4.31. The summed E-state index contributed by atoms with van der Waals surface area (Å²) in [6.07, 6.45) is 8.67. The lowest BCUT2D eigenvalue weighted by Gasteiger charge is -2.53. The molecule has 6 atom stereocenters. The molecule has 2 aliphatic carbocycles. The SMILES string of the molecule is C[C@@H]1COCCN1CCO[C@H]1/C=C/CCN(C)C(=O)C[C@](O)(C(=O)NS(=O)(=O)N(C)C)c2ccc3c(c2)N(CC2(C)CC[C@@H]12)C[C@@]1(CCCc2cc(Cl)ccc21)CO3. The number of rotatable bonds is 7. The van der Waals surface area contributed by atoms with Crippen LogP contribution in [0.15, 0.2) is 48.6 Å². The number of aliphatic hydroxyl groups is 1. The fourth-order valence-corrected chi connectivity index (χ4v) is 10.4. The van der Waals surface area contributed by atoms with Gasteiger partial charge in [0, 0.05) is 70.3 Å². The monoisotopic (exact) mass is 841 g/mol. The van der Waals surface area contributed by atoms with Gasteiger partial charge in [0.15, 0.2) is 5.60 Å². The molecule has 2 amide bonds. The summed E-state index contributed by atoms with van der Waals surface area (Å²) in [4.78, 5) is 34.1. The standard InChI is InChI=1S/C43H60ClN5O8S/c1-30-26-55-21-19-48(30)20-22-56-37-10-6-7-18-47(5)39(50)25-43(52,40(51)45-58(53,54)46(3)4)32-11-14-38-36(24-32)49(27-41(2)17-15-35(37)41)28-42(29-57-38)16-8-9-31-23-33(44)12-13-34(31)42/h6,10-14,23-24,30,35,37,52H,7-9,15-22,25-29H2,1-5H3,(H,45,51)/b10-6+/t30-,35+,37+,41?,42+,43-/m1/s1. The number of benzene rings is 2. The number of nitrogens with zero attached hydrogens (tertiary/aromatic N) is 4. The maximum atomic E-state index is 14.0. The molecule has 3 heterocycles. The number of morpholine rings is 1. The molecule has 0 aromatic heterocycles. The third-order valence-electron chi connectivity index (χ3n) is 13.4. The first-order chi connectivity index (χ1) is 27.5. The highest BCUT2D eigenvalue weighted by Gasteiger charge is 2.51. The molecule has 1 saturated heterocycles. The highest BCUT2D eigenvalue weighted by Crippen LogP contribution is 2.53. The normalized spacial score (nSPS) is 31.4. The average Bonchev–Trinajstić information content (AvgIpc) is 3.32. The fraction of sp³-hybridized carbons (Fsp3) is 0.628. The molecular formula is C43H60ClN5O8S. The first kappa shape index (κ1) is 42.9. The van der Waals surface area contributed by atoms with E-state index in [1.807, 2.05) is 10.8 Å². The number of ether oxygens (including phenoxy) is 3. The van der Waals surface area contributed by atoms with Gasteiger partial charge in [0.25, 0.3) is 5.91 Å². The van der Waals surface area contributed by atoms with E-state index in [0.29, 0.717) is 61.8 Å². The first-order valence-electron chi connectivity index (χ1n) is 20.7. The van der Waals surface area contributed by atoms with Gasteiger partial charge in [-0.2, -0.15) is 12.7 Å². The van der Waals surface area contributed by atoms with Crippen LogP contribution in [0.5, 0.6) is 5.75 Å². The Morgan fingerprint density at radius 1 is 1.14 bits per heavy atom. The topological polar surface area (TPSA) is 141 Å². The largest absolute Gasteiger partial charge is 0.490 e. The van der Waals surface area contributed by atoms with Crippen molar-refractivity contribution in [2.75, 3.05) is 85.2 Å². The van der Waals surface area contributed by atoms with Gasteiger partial charge in [0.1, 0.15) is 5.75 Å². The summed E-state index contributed by atoms with van der Waals surface area (Å²) in [6.45, 7) is 10.2.